The zero-order valence-corrected chi connectivity index (χ0v) is 17.8. The summed E-state index contributed by atoms with van der Waals surface area (Å²) in [5.74, 6) is 0.920. The maximum Gasteiger partial charge on any atom is 0.310 e. The van der Waals surface area contributed by atoms with Gasteiger partial charge in [-0.2, -0.15) is 0 Å². The van der Waals surface area contributed by atoms with Crippen LogP contribution in [0.1, 0.15) is 18.9 Å². The van der Waals surface area contributed by atoms with Crippen molar-refractivity contribution >= 4 is 17.6 Å². The molecule has 31 heavy (non-hydrogen) atoms. The topological polar surface area (TPSA) is 81.2 Å². The van der Waals surface area contributed by atoms with Crippen LogP contribution >= 0.6 is 0 Å². The van der Waals surface area contributed by atoms with Gasteiger partial charge in [0.1, 0.15) is 5.82 Å². The van der Waals surface area contributed by atoms with E-state index in [4.69, 9.17) is 14.2 Å². The Morgan fingerprint density at radius 2 is 2.00 bits per heavy atom. The quantitative estimate of drug-likeness (QED) is 0.399. The van der Waals surface area contributed by atoms with Gasteiger partial charge in [-0.3, -0.25) is 9.79 Å². The van der Waals surface area contributed by atoms with Gasteiger partial charge < -0.3 is 24.8 Å². The number of esters is 1. The molecule has 0 radical (unpaired) electrons. The van der Waals surface area contributed by atoms with Crippen LogP contribution < -0.4 is 20.1 Å². The van der Waals surface area contributed by atoms with Gasteiger partial charge >= 0.3 is 5.97 Å². The highest BCUT2D eigenvalue weighted by atomic mass is 19.1. The van der Waals surface area contributed by atoms with Crippen molar-refractivity contribution in [1.29, 1.82) is 0 Å². The summed E-state index contributed by atoms with van der Waals surface area (Å²) in [7, 11) is 1.36. The van der Waals surface area contributed by atoms with Gasteiger partial charge in [0.25, 0.3) is 0 Å². The average molecular weight is 429 g/mol. The highest BCUT2D eigenvalue weighted by Crippen LogP contribution is 2.32. The van der Waals surface area contributed by atoms with E-state index in [1.807, 2.05) is 24.3 Å². The van der Waals surface area contributed by atoms with E-state index in [0.717, 1.165) is 17.7 Å². The third-order valence-electron chi connectivity index (χ3n) is 4.73. The molecule has 0 amide bonds. The Hall–Kier alpha value is -3.29. The number of hydrogen-bond acceptors (Lipinski definition) is 5. The van der Waals surface area contributed by atoms with Crippen molar-refractivity contribution in [2.45, 2.75) is 19.8 Å². The lowest BCUT2D eigenvalue weighted by Crippen LogP contribution is -2.33. The Labute approximate surface area is 181 Å². The predicted molar refractivity (Wildman–Crippen MR) is 117 cm³/mol. The van der Waals surface area contributed by atoms with Crippen LogP contribution in [0.15, 0.2) is 47.5 Å². The van der Waals surface area contributed by atoms with Gasteiger partial charge in [-0.05, 0) is 36.2 Å². The largest absolute Gasteiger partial charge is 0.490 e. The van der Waals surface area contributed by atoms with E-state index in [1.54, 1.807) is 13.0 Å². The van der Waals surface area contributed by atoms with Gasteiger partial charge in [-0.1, -0.05) is 19.1 Å². The number of carbonyl (C=O) groups is 1. The van der Waals surface area contributed by atoms with Crippen LogP contribution in [0.3, 0.4) is 0 Å². The summed E-state index contributed by atoms with van der Waals surface area (Å²) in [6, 6.07) is 12.1. The van der Waals surface area contributed by atoms with Crippen LogP contribution in [0.5, 0.6) is 11.5 Å². The van der Waals surface area contributed by atoms with E-state index in [-0.39, 0.29) is 24.2 Å². The Balaban J connectivity index is 1.68. The predicted octanol–water partition coefficient (Wildman–Crippen LogP) is 3.40. The fourth-order valence-corrected chi connectivity index (χ4v) is 3.04. The number of ether oxygens (including phenoxy) is 3. The van der Waals surface area contributed by atoms with E-state index in [9.17, 15) is 9.18 Å². The summed E-state index contributed by atoms with van der Waals surface area (Å²) < 4.78 is 29.6. The average Bonchev–Trinajstić information content (AvgIpc) is 3.01. The number of halogens is 1. The van der Waals surface area contributed by atoms with Crippen LogP contribution in [0, 0.1) is 11.7 Å². The second-order valence-electron chi connectivity index (χ2n) is 7.26. The first-order chi connectivity index (χ1) is 15.0. The Morgan fingerprint density at radius 3 is 2.77 bits per heavy atom. The van der Waals surface area contributed by atoms with E-state index >= 15 is 0 Å². The molecular weight excluding hydrogens is 401 g/mol. The summed E-state index contributed by atoms with van der Waals surface area (Å²) in [6.07, 6.45) is 1.45. The third kappa shape index (κ3) is 6.87. The molecule has 1 heterocycles. The van der Waals surface area contributed by atoms with Crippen LogP contribution in [0.25, 0.3) is 0 Å². The molecule has 2 N–H and O–H groups in total. The van der Waals surface area contributed by atoms with Crippen LogP contribution in [0.4, 0.5) is 10.1 Å². The minimum absolute atomic E-state index is 0.256. The molecule has 8 heteroatoms. The number of aliphatic imine (C=N–C) groups is 1. The summed E-state index contributed by atoms with van der Waals surface area (Å²) >= 11 is 0. The van der Waals surface area contributed by atoms with Crippen LogP contribution in [-0.4, -0.2) is 45.3 Å². The number of nitrogens with one attached hydrogen (secondary N) is 2. The fourth-order valence-electron chi connectivity index (χ4n) is 3.04. The maximum absolute atomic E-state index is 13.4. The van der Waals surface area contributed by atoms with E-state index in [1.165, 1.54) is 19.2 Å². The lowest BCUT2D eigenvalue weighted by Gasteiger charge is -2.15. The van der Waals surface area contributed by atoms with Gasteiger partial charge in [-0.25, -0.2) is 4.39 Å². The van der Waals surface area contributed by atoms with Gasteiger partial charge in [0.2, 0.25) is 0 Å². The molecule has 1 aliphatic heterocycles. The SMILES string of the molecule is COC(=O)C(C)CN=C(NCCc1cccc(F)c1)Nc1ccc2c(c1)OCCCO2. The minimum Gasteiger partial charge on any atom is -0.490 e. The molecule has 1 atom stereocenters. The number of nitrogens with zero attached hydrogens (tertiary/aromatic N) is 1. The molecule has 0 saturated carbocycles. The number of anilines is 1. The van der Waals surface area contributed by atoms with Crippen molar-refractivity contribution in [3.63, 3.8) is 0 Å². The zero-order chi connectivity index (χ0) is 22.1. The molecule has 0 fully saturated rings. The van der Waals surface area contributed by atoms with E-state index < -0.39 is 0 Å². The molecular formula is C23H28FN3O4. The second-order valence-corrected chi connectivity index (χ2v) is 7.26. The molecule has 2 aromatic carbocycles. The lowest BCUT2D eigenvalue weighted by atomic mass is 10.1. The van der Waals surface area contributed by atoms with E-state index in [2.05, 4.69) is 15.6 Å². The minimum atomic E-state index is -0.379. The van der Waals surface area contributed by atoms with Crippen molar-refractivity contribution in [3.8, 4) is 11.5 Å². The number of rotatable bonds is 7. The number of fused-ring (bicyclic) bond motifs is 1. The lowest BCUT2D eigenvalue weighted by molar-refractivity contribution is -0.144. The normalized spacial score (nSPS) is 14.4. The molecule has 0 spiro atoms. The van der Waals surface area contributed by atoms with Gasteiger partial charge in [-0.15, -0.1) is 0 Å². The highest BCUT2D eigenvalue weighted by molar-refractivity contribution is 5.94. The standard InChI is InChI=1S/C23H28FN3O4/c1-16(22(28)29-2)15-26-23(25-10-9-17-5-3-6-18(24)13-17)27-19-7-8-20-21(14-19)31-12-4-11-30-20/h3,5-8,13-14,16H,4,9-12,15H2,1-2H3,(H2,25,26,27). The first kappa shape index (κ1) is 22.4. The smallest absolute Gasteiger partial charge is 0.310 e. The molecule has 2 aromatic rings. The van der Waals surface area contributed by atoms with Crippen LogP contribution in [0.2, 0.25) is 0 Å². The van der Waals surface area contributed by atoms with Crippen molar-refractivity contribution < 1.29 is 23.4 Å². The number of methoxy groups -OCH3 is 1. The zero-order valence-electron chi connectivity index (χ0n) is 17.8. The molecule has 0 saturated heterocycles. The van der Waals surface area contributed by atoms with Crippen molar-refractivity contribution in [1.82, 2.24) is 5.32 Å². The second kappa shape index (κ2) is 11.2. The number of benzene rings is 2. The summed E-state index contributed by atoms with van der Waals surface area (Å²) in [5, 5.41) is 6.47. The number of carbonyl (C=O) groups excluding carboxylic acids is 1. The molecule has 7 nitrogen and oxygen atoms in total. The van der Waals surface area contributed by atoms with Crippen molar-refractivity contribution in [2.75, 3.05) is 38.7 Å². The van der Waals surface area contributed by atoms with Crippen molar-refractivity contribution in [2.24, 2.45) is 10.9 Å². The third-order valence-corrected chi connectivity index (χ3v) is 4.73. The van der Waals surface area contributed by atoms with Gasteiger partial charge in [0, 0.05) is 24.7 Å². The number of guanidine groups is 1. The summed E-state index contributed by atoms with van der Waals surface area (Å²) in [6.45, 7) is 3.77. The molecule has 1 aliphatic rings. The molecule has 3 rings (SSSR count). The molecule has 166 valence electrons. The Kier molecular flexibility index (Phi) is 8.09. The first-order valence-corrected chi connectivity index (χ1v) is 10.3. The molecule has 0 aliphatic carbocycles. The van der Waals surface area contributed by atoms with Gasteiger partial charge in [0.15, 0.2) is 17.5 Å². The Morgan fingerprint density at radius 1 is 1.19 bits per heavy atom. The maximum atomic E-state index is 13.4. The summed E-state index contributed by atoms with van der Waals surface area (Å²) in [4.78, 5) is 16.2. The Bertz CT molecular complexity index is 919. The highest BCUT2D eigenvalue weighted by Gasteiger charge is 2.14. The first-order valence-electron chi connectivity index (χ1n) is 10.3. The number of hydrogen-bond donors (Lipinski definition) is 2. The molecule has 0 bridgehead atoms. The van der Waals surface area contributed by atoms with Crippen LogP contribution in [-0.2, 0) is 16.0 Å². The molecule has 0 aromatic heterocycles. The molecule has 1 unspecified atom stereocenters. The van der Waals surface area contributed by atoms with E-state index in [0.29, 0.717) is 43.6 Å². The van der Waals surface area contributed by atoms with Crippen molar-refractivity contribution in [3.05, 3.63) is 53.8 Å². The summed E-state index contributed by atoms with van der Waals surface area (Å²) in [5.41, 5.74) is 1.65. The monoisotopic (exact) mass is 429 g/mol. The van der Waals surface area contributed by atoms with Gasteiger partial charge in [0.05, 0.1) is 32.8 Å². The fraction of sp³-hybridized carbons (Fsp3) is 0.391.